The lowest BCUT2D eigenvalue weighted by Gasteiger charge is -2.20. The van der Waals surface area contributed by atoms with Crippen LogP contribution in [0.4, 0.5) is 17.1 Å². The number of hydrogen-bond acceptors (Lipinski definition) is 3. The van der Waals surface area contributed by atoms with Crippen LogP contribution in [0.15, 0.2) is 102 Å². The van der Waals surface area contributed by atoms with Gasteiger partial charge < -0.3 is 4.90 Å². The van der Waals surface area contributed by atoms with Crippen molar-refractivity contribution in [2.45, 2.75) is 0 Å². The second-order valence-electron chi connectivity index (χ2n) is 6.91. The van der Waals surface area contributed by atoms with Crippen LogP contribution in [0.5, 0.6) is 0 Å². The van der Waals surface area contributed by atoms with Crippen LogP contribution < -0.4 is 9.91 Å². The molecule has 4 aromatic rings. The Morgan fingerprint density at radius 3 is 1.96 bits per heavy atom. The molecule has 0 unspecified atom stereocenters. The molecule has 0 atom stereocenters. The van der Waals surface area contributed by atoms with Gasteiger partial charge in [0.1, 0.15) is 0 Å². The Hall–Kier alpha value is -3.59. The highest BCUT2D eigenvalue weighted by molar-refractivity contribution is 5.88. The van der Waals surface area contributed by atoms with E-state index in [0.717, 1.165) is 16.9 Å². The lowest BCUT2D eigenvalue weighted by molar-refractivity contribution is 1.09. The zero-order valence-electron chi connectivity index (χ0n) is 16.2. The van der Waals surface area contributed by atoms with Crippen molar-refractivity contribution in [1.29, 1.82) is 0 Å². The normalized spacial score (nSPS) is 11.1. The molecule has 0 radical (unpaired) electrons. The molecule has 0 aliphatic rings. The summed E-state index contributed by atoms with van der Waals surface area (Å²) in [5.74, 6) is 0. The van der Waals surface area contributed by atoms with E-state index < -0.39 is 0 Å². The highest BCUT2D eigenvalue weighted by Gasteiger charge is 2.08. The van der Waals surface area contributed by atoms with Crippen molar-refractivity contribution in [3.8, 4) is 0 Å². The van der Waals surface area contributed by atoms with E-state index in [-0.39, 0.29) is 0 Å². The maximum atomic E-state index is 4.81. The second-order valence-corrected chi connectivity index (χ2v) is 6.91. The number of rotatable bonds is 5. The molecule has 0 aromatic heterocycles. The first-order valence-electron chi connectivity index (χ1n) is 9.36. The highest BCUT2D eigenvalue weighted by Crippen LogP contribution is 2.29. The van der Waals surface area contributed by atoms with Crippen LogP contribution in [0.25, 0.3) is 10.8 Å². The molecule has 0 heterocycles. The molecule has 3 heteroatoms. The summed E-state index contributed by atoms with van der Waals surface area (Å²) in [4.78, 5) is 2.09. The molecule has 28 heavy (non-hydrogen) atoms. The number of nitrogens with zero attached hydrogens (tertiary/aromatic N) is 3. The third kappa shape index (κ3) is 3.89. The second kappa shape index (κ2) is 7.97. The van der Waals surface area contributed by atoms with Crippen LogP contribution >= 0.6 is 0 Å². The fourth-order valence-corrected chi connectivity index (χ4v) is 3.14. The molecule has 0 fully saturated rings. The van der Waals surface area contributed by atoms with Crippen molar-refractivity contribution in [2.75, 3.05) is 24.0 Å². The average Bonchev–Trinajstić information content (AvgIpc) is 2.75. The van der Waals surface area contributed by atoms with Gasteiger partial charge in [-0.05, 0) is 52.7 Å². The fourth-order valence-electron chi connectivity index (χ4n) is 3.14. The molecule has 3 nitrogen and oxygen atoms in total. The summed E-state index contributed by atoms with van der Waals surface area (Å²) in [5, 5.41) is 9.21. The first-order valence-corrected chi connectivity index (χ1v) is 9.36. The van der Waals surface area contributed by atoms with Crippen LogP contribution in [0.2, 0.25) is 0 Å². The molecule has 0 saturated carbocycles. The molecular formula is C25H23N3. The van der Waals surface area contributed by atoms with Gasteiger partial charge in [-0.15, -0.1) is 0 Å². The Morgan fingerprint density at radius 1 is 0.607 bits per heavy atom. The third-order valence-corrected chi connectivity index (χ3v) is 4.71. The third-order valence-electron chi connectivity index (χ3n) is 4.71. The number of fused-ring (bicyclic) bond motifs is 1. The van der Waals surface area contributed by atoms with Gasteiger partial charge in [-0.3, -0.25) is 0 Å². The summed E-state index contributed by atoms with van der Waals surface area (Å²) in [6.45, 7) is 0. The molecule has 0 saturated heterocycles. The number of hydrogen-bond donors (Lipinski definition) is 0. The number of anilines is 3. The van der Waals surface area contributed by atoms with Gasteiger partial charge in [0.25, 0.3) is 0 Å². The van der Waals surface area contributed by atoms with Crippen LogP contribution in [0.1, 0.15) is 5.56 Å². The largest absolute Gasteiger partial charge is 0.378 e. The van der Waals surface area contributed by atoms with E-state index >= 15 is 0 Å². The monoisotopic (exact) mass is 365 g/mol. The van der Waals surface area contributed by atoms with Crippen LogP contribution in [-0.4, -0.2) is 20.3 Å². The minimum absolute atomic E-state index is 1.03. The summed E-state index contributed by atoms with van der Waals surface area (Å²) < 4.78 is 0. The van der Waals surface area contributed by atoms with Crippen LogP contribution in [-0.2, 0) is 0 Å². The molecule has 0 N–H and O–H groups in total. The van der Waals surface area contributed by atoms with E-state index in [0.29, 0.717) is 0 Å². The predicted octanol–water partition coefficient (Wildman–Crippen LogP) is 6.08. The maximum Gasteiger partial charge on any atom is 0.0659 e. The van der Waals surface area contributed by atoms with Crippen molar-refractivity contribution in [3.63, 3.8) is 0 Å². The maximum absolute atomic E-state index is 4.81. The van der Waals surface area contributed by atoms with E-state index in [2.05, 4.69) is 83.8 Å². The van der Waals surface area contributed by atoms with Gasteiger partial charge in [-0.2, -0.15) is 5.10 Å². The van der Waals surface area contributed by atoms with Crippen LogP contribution in [0, 0.1) is 0 Å². The summed E-state index contributed by atoms with van der Waals surface area (Å²) >= 11 is 0. The van der Waals surface area contributed by atoms with Crippen molar-refractivity contribution in [2.24, 2.45) is 5.10 Å². The van der Waals surface area contributed by atoms with Crippen LogP contribution in [0.3, 0.4) is 0 Å². The van der Waals surface area contributed by atoms with Crippen molar-refractivity contribution < 1.29 is 0 Å². The fraction of sp³-hybridized carbons (Fsp3) is 0.0800. The number of benzene rings is 4. The zero-order valence-corrected chi connectivity index (χ0v) is 16.2. The van der Waals surface area contributed by atoms with Gasteiger partial charge in [-0.25, -0.2) is 5.01 Å². The number of hydrazone groups is 1. The molecule has 0 amide bonds. The molecule has 4 rings (SSSR count). The Balaban J connectivity index is 1.71. The Morgan fingerprint density at radius 2 is 1.25 bits per heavy atom. The Bertz CT molecular complexity index is 1080. The Kier molecular flexibility index (Phi) is 5.07. The average molecular weight is 365 g/mol. The molecule has 4 aromatic carbocycles. The zero-order chi connectivity index (χ0) is 19.3. The first kappa shape index (κ1) is 17.8. The van der Waals surface area contributed by atoms with E-state index in [1.807, 2.05) is 43.5 Å². The van der Waals surface area contributed by atoms with E-state index in [1.54, 1.807) is 0 Å². The first-order chi connectivity index (χ1) is 13.7. The molecule has 0 aliphatic heterocycles. The Labute approximate surface area is 166 Å². The summed E-state index contributed by atoms with van der Waals surface area (Å²) in [7, 11) is 4.08. The van der Waals surface area contributed by atoms with Gasteiger partial charge in [0.15, 0.2) is 0 Å². The standard InChI is InChI=1S/C25H23N3/c1-27(2)23-15-12-20(13-16-23)19-26-28(24-10-4-3-5-11-24)25-17-14-21-8-6-7-9-22(21)18-25/h3-19H,1-2H3. The molecule has 138 valence electrons. The van der Waals surface area contributed by atoms with Crippen molar-refractivity contribution in [1.82, 2.24) is 0 Å². The minimum Gasteiger partial charge on any atom is -0.378 e. The summed E-state index contributed by atoms with van der Waals surface area (Å²) in [5.41, 5.74) is 4.30. The lowest BCUT2D eigenvalue weighted by Crippen LogP contribution is -2.10. The van der Waals surface area contributed by atoms with Gasteiger partial charge in [0.2, 0.25) is 0 Å². The number of para-hydroxylation sites is 1. The smallest absolute Gasteiger partial charge is 0.0659 e. The highest BCUT2D eigenvalue weighted by atomic mass is 15.5. The van der Waals surface area contributed by atoms with Gasteiger partial charge >= 0.3 is 0 Å². The predicted molar refractivity (Wildman–Crippen MR) is 121 cm³/mol. The molecule has 0 aliphatic carbocycles. The lowest BCUT2D eigenvalue weighted by atomic mass is 10.1. The van der Waals surface area contributed by atoms with Gasteiger partial charge in [0.05, 0.1) is 17.6 Å². The molecule has 0 spiro atoms. The van der Waals surface area contributed by atoms with E-state index in [9.17, 15) is 0 Å². The van der Waals surface area contributed by atoms with Gasteiger partial charge in [0, 0.05) is 19.8 Å². The van der Waals surface area contributed by atoms with E-state index in [1.165, 1.54) is 16.5 Å². The quantitative estimate of drug-likeness (QED) is 0.315. The molecule has 0 bridgehead atoms. The SMILES string of the molecule is CN(C)c1ccc(C=NN(c2ccccc2)c2ccc3ccccc3c2)cc1. The summed E-state index contributed by atoms with van der Waals surface area (Å²) in [6.07, 6.45) is 1.90. The summed E-state index contributed by atoms with van der Waals surface area (Å²) in [6, 6.07) is 33.4. The molecular weight excluding hydrogens is 342 g/mol. The van der Waals surface area contributed by atoms with Gasteiger partial charge in [-0.1, -0.05) is 60.7 Å². The minimum atomic E-state index is 1.03. The topological polar surface area (TPSA) is 18.8 Å². The van der Waals surface area contributed by atoms with E-state index in [4.69, 9.17) is 5.10 Å². The van der Waals surface area contributed by atoms with Crippen molar-refractivity contribution in [3.05, 3.63) is 103 Å². The van der Waals surface area contributed by atoms with Crippen molar-refractivity contribution >= 4 is 34.0 Å².